The molecule has 132 valence electrons. The Morgan fingerprint density at radius 2 is 1.71 bits per heavy atom. The molecule has 0 spiro atoms. The van der Waals surface area contributed by atoms with Crippen LogP contribution in [0.1, 0.15) is 43.6 Å². The molecule has 0 bridgehead atoms. The van der Waals surface area contributed by atoms with E-state index in [0.29, 0.717) is 24.2 Å². The lowest BCUT2D eigenvalue weighted by molar-refractivity contribution is -0.116. The molecule has 0 radical (unpaired) electrons. The van der Waals surface area contributed by atoms with E-state index in [-0.39, 0.29) is 11.9 Å². The first kappa shape index (κ1) is 19.9. The van der Waals surface area contributed by atoms with Gasteiger partial charge < -0.3 is 10.1 Å². The number of nitrogens with zero attached hydrogens (tertiary/aromatic N) is 1. The predicted molar refractivity (Wildman–Crippen MR) is 96.8 cm³/mol. The molecule has 1 aromatic rings. The van der Waals surface area contributed by atoms with Gasteiger partial charge in [0.05, 0.1) is 12.7 Å². The number of rotatable bonds is 8. The summed E-state index contributed by atoms with van der Waals surface area (Å²) < 4.78 is 4.65. The minimum atomic E-state index is -0.372. The quantitative estimate of drug-likeness (QED) is 0.587. The molecule has 0 aliphatic heterocycles. The highest BCUT2D eigenvalue weighted by Crippen LogP contribution is 2.07. The monoisotopic (exact) mass is 332 g/mol. The van der Waals surface area contributed by atoms with Crippen molar-refractivity contribution in [2.24, 2.45) is 0 Å². The lowest BCUT2D eigenvalue weighted by atomic mass is 10.1. The van der Waals surface area contributed by atoms with Crippen molar-refractivity contribution >= 4 is 18.0 Å². The third-order valence-corrected chi connectivity index (χ3v) is 3.75. The zero-order valence-corrected chi connectivity index (χ0v) is 15.2. The third-order valence-electron chi connectivity index (χ3n) is 3.75. The van der Waals surface area contributed by atoms with Crippen LogP contribution >= 0.6 is 0 Å². The molecule has 0 aliphatic carbocycles. The van der Waals surface area contributed by atoms with E-state index in [1.165, 1.54) is 13.2 Å². The smallest absolute Gasteiger partial charge is 0.337 e. The minimum absolute atomic E-state index is 0.125. The second kappa shape index (κ2) is 9.88. The average molecular weight is 332 g/mol. The van der Waals surface area contributed by atoms with Crippen LogP contribution in [0.15, 0.2) is 30.3 Å². The van der Waals surface area contributed by atoms with Crippen molar-refractivity contribution in [3.63, 3.8) is 0 Å². The molecule has 1 N–H and O–H groups in total. The molecular weight excluding hydrogens is 304 g/mol. The molecule has 5 heteroatoms. The number of esters is 1. The number of methoxy groups -OCH3 is 1. The van der Waals surface area contributed by atoms with Crippen LogP contribution in [-0.4, -0.2) is 49.1 Å². The largest absolute Gasteiger partial charge is 0.465 e. The zero-order chi connectivity index (χ0) is 18.1. The van der Waals surface area contributed by atoms with Gasteiger partial charge in [-0.25, -0.2) is 4.79 Å². The van der Waals surface area contributed by atoms with Gasteiger partial charge >= 0.3 is 5.97 Å². The van der Waals surface area contributed by atoms with Gasteiger partial charge in [0.15, 0.2) is 0 Å². The highest BCUT2D eigenvalue weighted by atomic mass is 16.5. The Morgan fingerprint density at radius 3 is 2.21 bits per heavy atom. The second-order valence-electron chi connectivity index (χ2n) is 6.16. The van der Waals surface area contributed by atoms with Gasteiger partial charge in [-0.1, -0.05) is 12.1 Å². The van der Waals surface area contributed by atoms with Crippen molar-refractivity contribution in [2.75, 3.05) is 20.2 Å². The van der Waals surface area contributed by atoms with E-state index >= 15 is 0 Å². The fraction of sp³-hybridized carbons (Fsp3) is 0.474. The number of carbonyl (C=O) groups excluding carboxylic acids is 2. The number of hydrogen-bond acceptors (Lipinski definition) is 4. The number of ether oxygens (including phenoxy) is 1. The van der Waals surface area contributed by atoms with E-state index in [1.807, 2.05) is 0 Å². The van der Waals surface area contributed by atoms with Gasteiger partial charge in [-0.05, 0) is 51.5 Å². The summed E-state index contributed by atoms with van der Waals surface area (Å²) in [5.41, 5.74) is 1.34. The minimum Gasteiger partial charge on any atom is -0.465 e. The van der Waals surface area contributed by atoms with Crippen molar-refractivity contribution in [1.82, 2.24) is 10.2 Å². The van der Waals surface area contributed by atoms with Crippen LogP contribution < -0.4 is 5.32 Å². The van der Waals surface area contributed by atoms with Gasteiger partial charge in [-0.15, -0.1) is 0 Å². The molecule has 5 nitrogen and oxygen atoms in total. The Balaban J connectivity index is 2.47. The molecule has 0 aliphatic rings. The highest BCUT2D eigenvalue weighted by Gasteiger charge is 2.12. The molecule has 1 amide bonds. The molecule has 1 aromatic carbocycles. The van der Waals surface area contributed by atoms with Gasteiger partial charge in [0.1, 0.15) is 0 Å². The van der Waals surface area contributed by atoms with Crippen LogP contribution in [0.25, 0.3) is 6.08 Å². The Bertz CT molecular complexity index is 554. The van der Waals surface area contributed by atoms with Crippen LogP contribution in [0, 0.1) is 0 Å². The molecule has 0 aromatic heterocycles. The number of nitrogens with one attached hydrogen (secondary N) is 1. The van der Waals surface area contributed by atoms with Gasteiger partial charge in [0.25, 0.3) is 0 Å². The normalized spacial score (nSPS) is 11.5. The molecule has 0 fully saturated rings. The summed E-state index contributed by atoms with van der Waals surface area (Å²) in [5, 5.41) is 2.89. The summed E-state index contributed by atoms with van der Waals surface area (Å²) in [6.45, 7) is 10.0. The van der Waals surface area contributed by atoms with Crippen LogP contribution in [-0.2, 0) is 9.53 Å². The predicted octanol–water partition coefficient (Wildman–Crippen LogP) is 2.72. The third kappa shape index (κ3) is 6.54. The second-order valence-corrected chi connectivity index (χ2v) is 6.16. The van der Waals surface area contributed by atoms with Crippen molar-refractivity contribution < 1.29 is 14.3 Å². The molecular formula is C19H28N2O3. The zero-order valence-electron chi connectivity index (χ0n) is 15.2. The molecule has 0 heterocycles. The first-order valence-corrected chi connectivity index (χ1v) is 8.25. The number of carbonyl (C=O) groups is 2. The lowest BCUT2D eigenvalue weighted by Crippen LogP contribution is -2.42. The summed E-state index contributed by atoms with van der Waals surface area (Å²) in [5.74, 6) is -0.498. The molecule has 24 heavy (non-hydrogen) atoms. The van der Waals surface area contributed by atoms with E-state index in [9.17, 15) is 9.59 Å². The molecule has 0 saturated heterocycles. The molecule has 0 saturated carbocycles. The van der Waals surface area contributed by atoms with E-state index in [1.54, 1.807) is 30.3 Å². The number of benzene rings is 1. The Hall–Kier alpha value is -2.14. The van der Waals surface area contributed by atoms with Gasteiger partial charge in [-0.3, -0.25) is 9.69 Å². The average Bonchev–Trinajstić information content (AvgIpc) is 2.55. The van der Waals surface area contributed by atoms with Gasteiger partial charge in [0.2, 0.25) is 5.91 Å². The SMILES string of the molecule is COC(=O)c1ccc(/C=C\C(=O)NCCN(C(C)C)C(C)C)cc1. The van der Waals surface area contributed by atoms with Crippen LogP contribution in [0.3, 0.4) is 0 Å². The number of hydrogen-bond donors (Lipinski definition) is 1. The summed E-state index contributed by atoms with van der Waals surface area (Å²) in [4.78, 5) is 25.5. The Morgan fingerprint density at radius 1 is 1.12 bits per heavy atom. The van der Waals surface area contributed by atoms with E-state index in [4.69, 9.17) is 0 Å². The van der Waals surface area contributed by atoms with Crippen LogP contribution in [0.4, 0.5) is 0 Å². The van der Waals surface area contributed by atoms with Gasteiger partial charge in [-0.2, -0.15) is 0 Å². The van der Waals surface area contributed by atoms with Crippen molar-refractivity contribution in [1.29, 1.82) is 0 Å². The summed E-state index contributed by atoms with van der Waals surface area (Å²) in [6, 6.07) is 7.79. The fourth-order valence-electron chi connectivity index (χ4n) is 2.50. The van der Waals surface area contributed by atoms with Crippen LogP contribution in [0.2, 0.25) is 0 Å². The first-order valence-electron chi connectivity index (χ1n) is 8.25. The van der Waals surface area contributed by atoms with Crippen LogP contribution in [0.5, 0.6) is 0 Å². The first-order chi connectivity index (χ1) is 11.3. The highest BCUT2D eigenvalue weighted by molar-refractivity contribution is 5.92. The maximum Gasteiger partial charge on any atom is 0.337 e. The summed E-state index contributed by atoms with van der Waals surface area (Å²) in [6.07, 6.45) is 3.22. The van der Waals surface area contributed by atoms with Crippen molar-refractivity contribution in [3.8, 4) is 0 Å². The topological polar surface area (TPSA) is 58.6 Å². The van der Waals surface area contributed by atoms with E-state index in [0.717, 1.165) is 12.1 Å². The lowest BCUT2D eigenvalue weighted by Gasteiger charge is -2.30. The van der Waals surface area contributed by atoms with Crippen molar-refractivity contribution in [3.05, 3.63) is 41.5 Å². The van der Waals surface area contributed by atoms with Gasteiger partial charge in [0, 0.05) is 31.2 Å². The molecule has 1 rings (SSSR count). The summed E-state index contributed by atoms with van der Waals surface area (Å²) in [7, 11) is 1.35. The Kier molecular flexibility index (Phi) is 8.19. The summed E-state index contributed by atoms with van der Waals surface area (Å²) >= 11 is 0. The molecule has 0 unspecified atom stereocenters. The Labute approximate surface area is 144 Å². The number of amides is 1. The fourth-order valence-corrected chi connectivity index (χ4v) is 2.50. The molecule has 0 atom stereocenters. The maximum atomic E-state index is 11.9. The standard InChI is InChI=1S/C19H28N2O3/c1-14(2)21(15(3)4)13-12-20-18(22)11-8-16-6-9-17(10-7-16)19(23)24-5/h6-11,14-15H,12-13H2,1-5H3,(H,20,22)/b11-8-. The van der Waals surface area contributed by atoms with Crippen molar-refractivity contribution in [2.45, 2.75) is 39.8 Å². The maximum absolute atomic E-state index is 11.9. The van der Waals surface area contributed by atoms with E-state index < -0.39 is 0 Å². The van der Waals surface area contributed by atoms with E-state index in [2.05, 4.69) is 42.6 Å².